The van der Waals surface area contributed by atoms with Crippen LogP contribution >= 0.6 is 23.2 Å². The molecule has 0 aromatic heterocycles. The first-order chi connectivity index (χ1) is 11.0. The van der Waals surface area contributed by atoms with Gasteiger partial charge in [-0.05, 0) is 31.0 Å². The topological polar surface area (TPSA) is 66.5 Å². The number of halogens is 2. The van der Waals surface area contributed by atoms with Crippen molar-refractivity contribution in [2.45, 2.75) is 12.8 Å². The quantitative estimate of drug-likeness (QED) is 0.671. The molecule has 1 fully saturated rings. The van der Waals surface area contributed by atoms with Crippen LogP contribution in [0.5, 0.6) is 0 Å². The van der Waals surface area contributed by atoms with Gasteiger partial charge in [0.05, 0.1) is 22.5 Å². The van der Waals surface area contributed by atoms with Crippen LogP contribution in [-0.2, 0) is 14.4 Å². The molecule has 1 aliphatic carbocycles. The maximum absolute atomic E-state index is 12.3. The van der Waals surface area contributed by atoms with Gasteiger partial charge in [0.25, 0.3) is 0 Å². The molecule has 2 aliphatic rings. The van der Waals surface area contributed by atoms with E-state index in [1.54, 1.807) is 12.1 Å². The summed E-state index contributed by atoms with van der Waals surface area (Å²) in [7, 11) is 0. The fourth-order valence-electron chi connectivity index (χ4n) is 2.95. The van der Waals surface area contributed by atoms with Crippen molar-refractivity contribution in [2.24, 2.45) is 11.8 Å². The highest BCUT2D eigenvalue weighted by Crippen LogP contribution is 2.35. The van der Waals surface area contributed by atoms with Crippen molar-refractivity contribution in [3.05, 3.63) is 40.4 Å². The second-order valence-electron chi connectivity index (χ2n) is 5.59. The normalized spacial score (nSPS) is 23.1. The average molecular weight is 353 g/mol. The Morgan fingerprint density at radius 1 is 1.13 bits per heavy atom. The van der Waals surface area contributed by atoms with Gasteiger partial charge in [0, 0.05) is 5.02 Å². The largest absolute Gasteiger partial charge is 0.323 e. The Balaban J connectivity index is 1.68. The van der Waals surface area contributed by atoms with Crippen molar-refractivity contribution < 1.29 is 14.4 Å². The van der Waals surface area contributed by atoms with Crippen molar-refractivity contribution in [3.63, 3.8) is 0 Å². The lowest BCUT2D eigenvalue weighted by Crippen LogP contribution is -2.38. The molecular formula is C16H14Cl2N2O3. The highest BCUT2D eigenvalue weighted by atomic mass is 35.5. The van der Waals surface area contributed by atoms with Crippen LogP contribution in [0.25, 0.3) is 0 Å². The first kappa shape index (κ1) is 16.0. The molecule has 23 heavy (non-hydrogen) atoms. The molecule has 2 atom stereocenters. The molecule has 5 nitrogen and oxygen atoms in total. The molecule has 1 aromatic rings. The van der Waals surface area contributed by atoms with Gasteiger partial charge >= 0.3 is 0 Å². The first-order valence-electron chi connectivity index (χ1n) is 7.22. The average Bonchev–Trinajstić information content (AvgIpc) is 2.76. The summed E-state index contributed by atoms with van der Waals surface area (Å²) in [6, 6.07) is 4.67. The first-order valence-corrected chi connectivity index (χ1v) is 7.98. The SMILES string of the molecule is O=C(CN1C(=O)[C@H]2CC=CC[C@H]2C1=O)Nc1ccc(Cl)cc1Cl. The van der Waals surface area contributed by atoms with E-state index < -0.39 is 5.91 Å². The van der Waals surface area contributed by atoms with E-state index in [4.69, 9.17) is 23.2 Å². The molecule has 1 aromatic carbocycles. The summed E-state index contributed by atoms with van der Waals surface area (Å²) in [5, 5.41) is 3.34. The number of fused-ring (bicyclic) bond motifs is 1. The van der Waals surface area contributed by atoms with E-state index in [9.17, 15) is 14.4 Å². The molecule has 0 saturated carbocycles. The predicted molar refractivity (Wildman–Crippen MR) is 87.2 cm³/mol. The number of allylic oxidation sites excluding steroid dienone is 2. The number of hydrogen-bond donors (Lipinski definition) is 1. The van der Waals surface area contributed by atoms with E-state index in [0.29, 0.717) is 28.6 Å². The zero-order valence-electron chi connectivity index (χ0n) is 12.1. The standard InChI is InChI=1S/C16H14Cl2N2O3/c17-9-5-6-13(12(18)7-9)19-14(21)8-20-15(22)10-3-1-2-4-11(10)16(20)23/h1-2,5-7,10-11H,3-4,8H2,(H,19,21)/t10-,11+. The van der Waals surface area contributed by atoms with Crippen LogP contribution in [0.1, 0.15) is 12.8 Å². The molecule has 1 N–H and O–H groups in total. The van der Waals surface area contributed by atoms with Crippen LogP contribution in [0, 0.1) is 11.8 Å². The van der Waals surface area contributed by atoms with Crippen LogP contribution in [0.4, 0.5) is 5.69 Å². The zero-order valence-corrected chi connectivity index (χ0v) is 13.6. The third kappa shape index (κ3) is 3.12. The van der Waals surface area contributed by atoms with Crippen LogP contribution in [-0.4, -0.2) is 29.2 Å². The number of rotatable bonds is 3. The molecule has 0 bridgehead atoms. The van der Waals surface area contributed by atoms with Gasteiger partial charge in [-0.2, -0.15) is 0 Å². The second kappa shape index (κ2) is 6.34. The van der Waals surface area contributed by atoms with Crippen molar-refractivity contribution in [2.75, 3.05) is 11.9 Å². The van der Waals surface area contributed by atoms with Gasteiger partial charge in [-0.3, -0.25) is 19.3 Å². The number of nitrogens with one attached hydrogen (secondary N) is 1. The predicted octanol–water partition coefficient (Wildman–Crippen LogP) is 2.88. The van der Waals surface area contributed by atoms with Crippen LogP contribution in [0.15, 0.2) is 30.4 Å². The molecule has 1 heterocycles. The van der Waals surface area contributed by atoms with Crippen LogP contribution in [0.2, 0.25) is 10.0 Å². The maximum Gasteiger partial charge on any atom is 0.244 e. The smallest absolute Gasteiger partial charge is 0.244 e. The lowest BCUT2D eigenvalue weighted by atomic mass is 9.85. The minimum atomic E-state index is -0.470. The molecular weight excluding hydrogens is 339 g/mol. The maximum atomic E-state index is 12.3. The zero-order chi connectivity index (χ0) is 16.6. The van der Waals surface area contributed by atoms with Crippen molar-refractivity contribution in [3.8, 4) is 0 Å². The minimum Gasteiger partial charge on any atom is -0.323 e. The van der Waals surface area contributed by atoms with Gasteiger partial charge < -0.3 is 5.32 Å². The van der Waals surface area contributed by atoms with Gasteiger partial charge in [0.1, 0.15) is 6.54 Å². The lowest BCUT2D eigenvalue weighted by molar-refractivity contribution is -0.142. The number of likely N-dealkylation sites (tertiary alicyclic amines) is 1. The number of hydrogen-bond acceptors (Lipinski definition) is 3. The van der Waals surface area contributed by atoms with Crippen molar-refractivity contribution in [1.82, 2.24) is 4.90 Å². The monoisotopic (exact) mass is 352 g/mol. The summed E-state index contributed by atoms with van der Waals surface area (Å²) in [4.78, 5) is 37.8. The Morgan fingerprint density at radius 3 is 2.30 bits per heavy atom. The van der Waals surface area contributed by atoms with Gasteiger partial charge in [-0.1, -0.05) is 35.4 Å². The Morgan fingerprint density at radius 2 is 1.74 bits per heavy atom. The lowest BCUT2D eigenvalue weighted by Gasteiger charge is -2.15. The number of benzene rings is 1. The number of anilines is 1. The molecule has 0 spiro atoms. The van der Waals surface area contributed by atoms with E-state index in [2.05, 4.69) is 5.32 Å². The summed E-state index contributed by atoms with van der Waals surface area (Å²) in [6.07, 6.45) is 4.92. The number of carbonyl (C=O) groups excluding carboxylic acids is 3. The molecule has 120 valence electrons. The fourth-order valence-corrected chi connectivity index (χ4v) is 3.40. The van der Waals surface area contributed by atoms with Crippen LogP contribution in [0.3, 0.4) is 0 Å². The Kier molecular flexibility index (Phi) is 4.41. The van der Waals surface area contributed by atoms with E-state index in [1.165, 1.54) is 6.07 Å². The molecule has 1 aliphatic heterocycles. The van der Waals surface area contributed by atoms with Gasteiger partial charge in [-0.25, -0.2) is 0 Å². The van der Waals surface area contributed by atoms with E-state index >= 15 is 0 Å². The van der Waals surface area contributed by atoms with E-state index in [-0.39, 0.29) is 30.2 Å². The van der Waals surface area contributed by atoms with Crippen LogP contribution < -0.4 is 5.32 Å². The molecule has 7 heteroatoms. The third-order valence-corrected chi connectivity index (χ3v) is 4.65. The summed E-state index contributed by atoms with van der Waals surface area (Å²) >= 11 is 11.8. The molecule has 3 amide bonds. The number of carbonyl (C=O) groups is 3. The number of imide groups is 1. The summed E-state index contributed by atoms with van der Waals surface area (Å²) in [5.74, 6) is -1.69. The fraction of sp³-hybridized carbons (Fsp3) is 0.312. The third-order valence-electron chi connectivity index (χ3n) is 4.11. The van der Waals surface area contributed by atoms with Gasteiger partial charge in [-0.15, -0.1) is 0 Å². The van der Waals surface area contributed by atoms with E-state index in [0.717, 1.165) is 4.90 Å². The van der Waals surface area contributed by atoms with Crippen molar-refractivity contribution in [1.29, 1.82) is 0 Å². The second-order valence-corrected chi connectivity index (χ2v) is 6.43. The molecule has 0 radical (unpaired) electrons. The van der Waals surface area contributed by atoms with Crippen molar-refractivity contribution >= 4 is 46.6 Å². The minimum absolute atomic E-state index is 0.276. The number of amides is 3. The Bertz CT molecular complexity index is 691. The highest BCUT2D eigenvalue weighted by molar-refractivity contribution is 6.36. The molecule has 0 unspecified atom stereocenters. The summed E-state index contributed by atoms with van der Waals surface area (Å²) < 4.78 is 0. The van der Waals surface area contributed by atoms with Gasteiger partial charge in [0.2, 0.25) is 17.7 Å². The van der Waals surface area contributed by atoms with Gasteiger partial charge in [0.15, 0.2) is 0 Å². The summed E-state index contributed by atoms with van der Waals surface area (Å²) in [6.45, 7) is -0.302. The Labute approximate surface area is 143 Å². The highest BCUT2D eigenvalue weighted by Gasteiger charge is 2.47. The summed E-state index contributed by atoms with van der Waals surface area (Å²) in [5.41, 5.74) is 0.388. The number of nitrogens with zero attached hydrogens (tertiary/aromatic N) is 1. The molecule has 3 rings (SSSR count). The Hall–Kier alpha value is -1.85. The molecule has 1 saturated heterocycles. The van der Waals surface area contributed by atoms with E-state index in [1.807, 2.05) is 12.2 Å².